The van der Waals surface area contributed by atoms with Crippen molar-refractivity contribution in [2.45, 2.75) is 82.5 Å². The van der Waals surface area contributed by atoms with Gasteiger partial charge in [-0.1, -0.05) is 18.2 Å². The van der Waals surface area contributed by atoms with Crippen LogP contribution in [-0.4, -0.2) is 59.8 Å². The van der Waals surface area contributed by atoms with Crippen LogP contribution in [-0.2, 0) is 4.74 Å². The Hall–Kier alpha value is -1.89. The highest BCUT2D eigenvalue weighted by Crippen LogP contribution is 2.41. The number of fused-ring (bicyclic) bond motifs is 2. The fourth-order valence-electron chi connectivity index (χ4n) is 5.62. The lowest BCUT2D eigenvalue weighted by molar-refractivity contribution is -0.159. The van der Waals surface area contributed by atoms with Gasteiger partial charge in [0.15, 0.2) is 0 Å². The Labute approximate surface area is 177 Å². The monoisotopic (exact) mass is 422 g/mol. The molecule has 0 aliphatic carbocycles. The van der Waals surface area contributed by atoms with Crippen molar-refractivity contribution in [2.75, 3.05) is 19.7 Å². The molecule has 2 unspecified atom stereocenters. The molecule has 2 atom stereocenters. The summed E-state index contributed by atoms with van der Waals surface area (Å²) in [5.41, 5.74) is 0.885. The number of nitrogens with zero attached hydrogens (tertiary/aromatic N) is 2. The lowest BCUT2D eigenvalue weighted by atomic mass is 9.86. The van der Waals surface area contributed by atoms with Crippen LogP contribution >= 0.6 is 0 Å². The van der Waals surface area contributed by atoms with Crippen molar-refractivity contribution in [3.05, 3.63) is 29.8 Å². The maximum absolute atomic E-state index is 13.4. The molecule has 4 rings (SSSR count). The molecular formula is C23H32F2N2O3. The van der Waals surface area contributed by atoms with Crippen molar-refractivity contribution in [3.8, 4) is 5.75 Å². The van der Waals surface area contributed by atoms with E-state index in [0.717, 1.165) is 64.1 Å². The van der Waals surface area contributed by atoms with E-state index in [1.165, 1.54) is 0 Å². The molecule has 7 heteroatoms. The zero-order chi connectivity index (χ0) is 21.3. The van der Waals surface area contributed by atoms with Crippen LogP contribution in [0.15, 0.2) is 24.3 Å². The van der Waals surface area contributed by atoms with E-state index in [9.17, 15) is 13.6 Å². The number of hydrogen-bond acceptors (Lipinski definition) is 4. The molecule has 5 nitrogen and oxygen atoms in total. The Morgan fingerprint density at radius 1 is 1.07 bits per heavy atom. The fraction of sp³-hybridized carbons (Fsp3) is 0.696. The molecule has 3 aliphatic rings. The Morgan fingerprint density at radius 2 is 1.70 bits per heavy atom. The van der Waals surface area contributed by atoms with Crippen LogP contribution in [0, 0.1) is 0 Å². The molecule has 1 amide bonds. The largest absolute Gasteiger partial charge is 0.450 e. The minimum absolute atomic E-state index is 0.161. The molecule has 166 valence electrons. The number of para-hydroxylation sites is 1. The molecule has 0 aromatic heterocycles. The van der Waals surface area contributed by atoms with Gasteiger partial charge in [-0.25, -0.2) is 4.79 Å². The molecule has 3 heterocycles. The number of benzene rings is 1. The quantitative estimate of drug-likeness (QED) is 0.669. The van der Waals surface area contributed by atoms with E-state index in [2.05, 4.69) is 4.90 Å². The van der Waals surface area contributed by atoms with Gasteiger partial charge in [0.2, 0.25) is 0 Å². The predicted octanol–water partition coefficient (Wildman–Crippen LogP) is 5.01. The van der Waals surface area contributed by atoms with Crippen LogP contribution in [0.3, 0.4) is 0 Å². The molecule has 1 aromatic rings. The Bertz CT molecular complexity index is 732. The van der Waals surface area contributed by atoms with E-state index in [1.54, 1.807) is 12.1 Å². The summed E-state index contributed by atoms with van der Waals surface area (Å²) >= 11 is 0. The first-order chi connectivity index (χ1) is 14.4. The maximum atomic E-state index is 13.4. The smallest absolute Gasteiger partial charge is 0.410 e. The van der Waals surface area contributed by atoms with Gasteiger partial charge in [-0.3, -0.25) is 0 Å². The number of ether oxygens (including phenoxy) is 2. The topological polar surface area (TPSA) is 42.0 Å². The third kappa shape index (κ3) is 4.56. The maximum Gasteiger partial charge on any atom is 0.410 e. The normalized spacial score (nSPS) is 27.9. The minimum Gasteiger partial charge on any atom is -0.450 e. The number of piperidine rings is 2. The summed E-state index contributed by atoms with van der Waals surface area (Å²) in [4.78, 5) is 16.8. The average molecular weight is 423 g/mol. The zero-order valence-electron chi connectivity index (χ0n) is 17.9. The highest BCUT2D eigenvalue weighted by Gasteiger charge is 2.45. The van der Waals surface area contributed by atoms with E-state index in [1.807, 2.05) is 24.0 Å². The molecular weight excluding hydrogens is 390 g/mol. The Morgan fingerprint density at radius 3 is 2.30 bits per heavy atom. The molecule has 0 radical (unpaired) electrons. The second kappa shape index (κ2) is 8.69. The van der Waals surface area contributed by atoms with Crippen LogP contribution in [0.4, 0.5) is 13.6 Å². The summed E-state index contributed by atoms with van der Waals surface area (Å²) in [6, 6.07) is 8.25. The zero-order valence-corrected chi connectivity index (χ0v) is 17.9. The van der Waals surface area contributed by atoms with Crippen molar-refractivity contribution in [1.82, 2.24) is 9.80 Å². The highest BCUT2D eigenvalue weighted by atomic mass is 19.3. The molecule has 2 bridgehead atoms. The van der Waals surface area contributed by atoms with Crippen LogP contribution in [0.25, 0.3) is 0 Å². The number of hydrogen-bond donors (Lipinski definition) is 0. The van der Waals surface area contributed by atoms with Crippen molar-refractivity contribution >= 4 is 6.09 Å². The lowest BCUT2D eigenvalue weighted by Crippen LogP contribution is -2.53. The minimum atomic E-state index is -3.18. The van der Waals surface area contributed by atoms with Gasteiger partial charge in [-0.05, 0) is 76.1 Å². The van der Waals surface area contributed by atoms with Gasteiger partial charge in [-0.15, -0.1) is 0 Å². The van der Waals surface area contributed by atoms with Gasteiger partial charge in [0.25, 0.3) is 0 Å². The van der Waals surface area contributed by atoms with Crippen LogP contribution in [0.1, 0.15) is 63.9 Å². The molecule has 30 heavy (non-hydrogen) atoms. The van der Waals surface area contributed by atoms with E-state index in [4.69, 9.17) is 9.47 Å². The van der Waals surface area contributed by atoms with Crippen molar-refractivity contribution in [2.24, 2.45) is 0 Å². The summed E-state index contributed by atoms with van der Waals surface area (Å²) in [7, 11) is 0. The Balaban J connectivity index is 1.36. The summed E-state index contributed by atoms with van der Waals surface area (Å²) in [5.74, 6) is 0.528. The number of amides is 1. The first kappa shape index (κ1) is 21.3. The fourth-order valence-corrected chi connectivity index (χ4v) is 5.62. The summed E-state index contributed by atoms with van der Waals surface area (Å²) in [6.07, 6.45) is 2.66. The van der Waals surface area contributed by atoms with E-state index < -0.39 is 6.11 Å². The molecule has 1 aromatic carbocycles. The van der Waals surface area contributed by atoms with Crippen LogP contribution in [0.5, 0.6) is 5.75 Å². The summed E-state index contributed by atoms with van der Waals surface area (Å²) in [6.45, 7) is 4.95. The molecule has 0 spiro atoms. The van der Waals surface area contributed by atoms with Gasteiger partial charge < -0.3 is 19.3 Å². The van der Waals surface area contributed by atoms with Gasteiger partial charge in [0.1, 0.15) is 5.75 Å². The van der Waals surface area contributed by atoms with Crippen LogP contribution in [0.2, 0.25) is 0 Å². The van der Waals surface area contributed by atoms with Crippen molar-refractivity contribution < 1.29 is 23.0 Å². The molecule has 3 fully saturated rings. The first-order valence-electron chi connectivity index (χ1n) is 11.2. The lowest BCUT2D eigenvalue weighted by Gasteiger charge is -2.45. The van der Waals surface area contributed by atoms with Gasteiger partial charge >= 0.3 is 12.2 Å². The number of alkyl halides is 2. The first-order valence-corrected chi connectivity index (χ1v) is 11.2. The van der Waals surface area contributed by atoms with Gasteiger partial charge in [0, 0.05) is 25.0 Å². The standard InChI is InChI=1S/C23H32F2N2O3/c1-3-29-22(28)27-17-8-9-18(27)15-19(14-17)26-12-10-16(11-13-26)20-6-4-5-7-21(20)30-23(2,24)25/h4-7,16-19H,3,8-15H2,1-2H3. The number of carbonyl (C=O) groups is 1. The van der Waals surface area contributed by atoms with Gasteiger partial charge in [-0.2, -0.15) is 8.78 Å². The van der Waals surface area contributed by atoms with E-state index >= 15 is 0 Å². The second-order valence-corrected chi connectivity index (χ2v) is 8.87. The SMILES string of the molecule is CCOC(=O)N1C2CCC1CC(N1CCC(c3ccccc3OC(C)(F)F)CC1)C2. The molecule has 0 N–H and O–H groups in total. The Kier molecular flexibility index (Phi) is 6.19. The third-order valence-corrected chi connectivity index (χ3v) is 6.88. The van der Waals surface area contributed by atoms with E-state index in [-0.39, 0.29) is 24.1 Å². The molecule has 0 saturated carbocycles. The number of likely N-dealkylation sites (tertiary alicyclic amines) is 1. The predicted molar refractivity (Wildman–Crippen MR) is 110 cm³/mol. The summed E-state index contributed by atoms with van der Waals surface area (Å²) < 4.78 is 37.0. The van der Waals surface area contributed by atoms with Crippen molar-refractivity contribution in [1.29, 1.82) is 0 Å². The van der Waals surface area contributed by atoms with E-state index in [0.29, 0.717) is 18.4 Å². The second-order valence-electron chi connectivity index (χ2n) is 8.87. The molecule has 3 saturated heterocycles. The average Bonchev–Trinajstić information content (AvgIpc) is 2.97. The summed E-state index contributed by atoms with van der Waals surface area (Å²) in [5, 5.41) is 0. The third-order valence-electron chi connectivity index (χ3n) is 6.88. The molecule has 3 aliphatic heterocycles. The van der Waals surface area contributed by atoms with Crippen LogP contribution < -0.4 is 4.74 Å². The van der Waals surface area contributed by atoms with Gasteiger partial charge in [0.05, 0.1) is 6.61 Å². The number of halogens is 2. The number of carbonyl (C=O) groups excluding carboxylic acids is 1. The number of rotatable bonds is 5. The van der Waals surface area contributed by atoms with Crippen molar-refractivity contribution in [3.63, 3.8) is 0 Å². The highest BCUT2D eigenvalue weighted by molar-refractivity contribution is 5.69.